The highest BCUT2D eigenvalue weighted by molar-refractivity contribution is 5.76. The maximum absolute atomic E-state index is 11.5. The largest absolute Gasteiger partial charge is 0.481 e. The van der Waals surface area contributed by atoms with Crippen molar-refractivity contribution in [1.29, 1.82) is 0 Å². The highest BCUT2D eigenvalue weighted by atomic mass is 16.5. The molecular formula is C16H23NO4. The Bertz CT molecular complexity index is 457. The van der Waals surface area contributed by atoms with Gasteiger partial charge < -0.3 is 19.8 Å². The molecule has 1 atom stereocenters. The Kier molecular flexibility index (Phi) is 5.33. The smallest absolute Gasteiger partial charge is 0.312 e. The summed E-state index contributed by atoms with van der Waals surface area (Å²) in [5.41, 5.74) is 0.0167. The van der Waals surface area contributed by atoms with Crippen molar-refractivity contribution in [3.8, 4) is 0 Å². The van der Waals surface area contributed by atoms with Crippen LogP contribution >= 0.6 is 0 Å². The number of aliphatic hydroxyl groups is 1. The van der Waals surface area contributed by atoms with Gasteiger partial charge in [0, 0.05) is 39.1 Å². The topological polar surface area (TPSA) is 70.0 Å². The summed E-state index contributed by atoms with van der Waals surface area (Å²) in [6.45, 7) is 1.96. The monoisotopic (exact) mass is 293 g/mol. The standard InChI is InChI=1S/C16H23NO4/c1-17(12-16(20)7-9-21-10-8-16)11-14(15(18)19)13-5-3-2-4-6-13/h2-6,14,20H,7-12H2,1H3,(H,18,19). The second kappa shape index (κ2) is 7.02. The number of likely N-dealkylation sites (N-methyl/N-ethyl adjacent to an activating group) is 1. The van der Waals surface area contributed by atoms with Gasteiger partial charge in [0.2, 0.25) is 0 Å². The molecule has 0 aromatic heterocycles. The predicted molar refractivity (Wildman–Crippen MR) is 79.3 cm³/mol. The number of rotatable bonds is 6. The van der Waals surface area contributed by atoms with E-state index in [1.807, 2.05) is 42.3 Å². The molecule has 1 aliphatic rings. The molecule has 5 heteroatoms. The van der Waals surface area contributed by atoms with Gasteiger partial charge in [0.25, 0.3) is 0 Å². The molecule has 1 aliphatic heterocycles. The van der Waals surface area contributed by atoms with Crippen LogP contribution in [0.1, 0.15) is 24.3 Å². The lowest BCUT2D eigenvalue weighted by Gasteiger charge is -2.36. The summed E-state index contributed by atoms with van der Waals surface area (Å²) in [6.07, 6.45) is 1.20. The van der Waals surface area contributed by atoms with E-state index in [1.165, 1.54) is 0 Å². The van der Waals surface area contributed by atoms with Crippen molar-refractivity contribution in [3.05, 3.63) is 35.9 Å². The molecule has 2 rings (SSSR count). The SMILES string of the molecule is CN(CC(C(=O)O)c1ccccc1)CC1(O)CCOCC1. The third-order valence-electron chi connectivity index (χ3n) is 3.98. The van der Waals surface area contributed by atoms with E-state index in [0.29, 0.717) is 39.1 Å². The van der Waals surface area contributed by atoms with Crippen molar-refractivity contribution in [2.24, 2.45) is 0 Å². The number of carbonyl (C=O) groups is 1. The fourth-order valence-corrected chi connectivity index (χ4v) is 2.80. The third-order valence-corrected chi connectivity index (χ3v) is 3.98. The van der Waals surface area contributed by atoms with E-state index in [0.717, 1.165) is 5.56 Å². The van der Waals surface area contributed by atoms with Crippen molar-refractivity contribution >= 4 is 5.97 Å². The van der Waals surface area contributed by atoms with Gasteiger partial charge in [-0.15, -0.1) is 0 Å². The molecule has 1 saturated heterocycles. The quantitative estimate of drug-likeness (QED) is 0.828. The van der Waals surface area contributed by atoms with Gasteiger partial charge in [0.1, 0.15) is 0 Å². The van der Waals surface area contributed by atoms with E-state index in [4.69, 9.17) is 4.74 Å². The molecule has 1 aromatic rings. The van der Waals surface area contributed by atoms with Crippen molar-refractivity contribution < 1.29 is 19.7 Å². The molecule has 5 nitrogen and oxygen atoms in total. The summed E-state index contributed by atoms with van der Waals surface area (Å²) in [5, 5.41) is 19.9. The number of carboxylic acid groups (broad SMARTS) is 1. The van der Waals surface area contributed by atoms with Crippen molar-refractivity contribution in [2.45, 2.75) is 24.4 Å². The summed E-state index contributed by atoms with van der Waals surface area (Å²) in [7, 11) is 1.85. The number of hydrogen-bond donors (Lipinski definition) is 2. The third kappa shape index (κ3) is 4.52. The maximum Gasteiger partial charge on any atom is 0.312 e. The first kappa shape index (κ1) is 15.9. The molecule has 0 saturated carbocycles. The van der Waals surface area contributed by atoms with Crippen LogP contribution in [0.4, 0.5) is 0 Å². The van der Waals surface area contributed by atoms with Crippen LogP contribution in [0.25, 0.3) is 0 Å². The average Bonchev–Trinajstić information content (AvgIpc) is 2.45. The van der Waals surface area contributed by atoms with Gasteiger partial charge in [-0.3, -0.25) is 4.79 Å². The number of hydrogen-bond acceptors (Lipinski definition) is 4. The first-order chi connectivity index (χ1) is 10.0. The molecule has 0 bridgehead atoms. The van der Waals surface area contributed by atoms with Crippen LogP contribution in [0.3, 0.4) is 0 Å². The lowest BCUT2D eigenvalue weighted by atomic mass is 9.93. The molecule has 1 heterocycles. The summed E-state index contributed by atoms with van der Waals surface area (Å²) in [4.78, 5) is 13.4. The minimum Gasteiger partial charge on any atom is -0.481 e. The fourth-order valence-electron chi connectivity index (χ4n) is 2.80. The number of ether oxygens (including phenoxy) is 1. The van der Waals surface area contributed by atoms with Gasteiger partial charge in [0.05, 0.1) is 11.5 Å². The average molecular weight is 293 g/mol. The van der Waals surface area contributed by atoms with Gasteiger partial charge >= 0.3 is 5.97 Å². The summed E-state index contributed by atoms with van der Waals surface area (Å²) in [5.74, 6) is -1.42. The molecule has 0 radical (unpaired) electrons. The van der Waals surface area contributed by atoms with Crippen LogP contribution in [-0.2, 0) is 9.53 Å². The Morgan fingerprint density at radius 2 is 1.95 bits per heavy atom. The normalized spacial score (nSPS) is 19.4. The van der Waals surface area contributed by atoms with E-state index in [2.05, 4.69) is 0 Å². The molecule has 2 N–H and O–H groups in total. The van der Waals surface area contributed by atoms with Gasteiger partial charge in [0.15, 0.2) is 0 Å². The van der Waals surface area contributed by atoms with Gasteiger partial charge in [-0.25, -0.2) is 0 Å². The molecule has 1 aromatic carbocycles. The van der Waals surface area contributed by atoms with E-state index in [9.17, 15) is 15.0 Å². The molecule has 1 unspecified atom stereocenters. The van der Waals surface area contributed by atoms with Crippen LogP contribution in [0, 0.1) is 0 Å². The molecular weight excluding hydrogens is 270 g/mol. The molecule has 21 heavy (non-hydrogen) atoms. The zero-order chi connectivity index (χ0) is 15.3. The highest BCUT2D eigenvalue weighted by Gasteiger charge is 2.32. The van der Waals surface area contributed by atoms with E-state index in [-0.39, 0.29) is 0 Å². The fraction of sp³-hybridized carbons (Fsp3) is 0.562. The molecule has 0 aliphatic carbocycles. The zero-order valence-electron chi connectivity index (χ0n) is 12.4. The lowest BCUT2D eigenvalue weighted by Crippen LogP contribution is -2.46. The number of carboxylic acids is 1. The second-order valence-electron chi connectivity index (χ2n) is 5.83. The van der Waals surface area contributed by atoms with Crippen LogP contribution in [0.2, 0.25) is 0 Å². The Morgan fingerprint density at radius 3 is 2.52 bits per heavy atom. The van der Waals surface area contributed by atoms with Gasteiger partial charge in [-0.2, -0.15) is 0 Å². The Morgan fingerprint density at radius 1 is 1.33 bits per heavy atom. The van der Waals surface area contributed by atoms with Gasteiger partial charge in [-0.1, -0.05) is 30.3 Å². The Labute approximate surface area is 125 Å². The molecule has 0 spiro atoms. The van der Waals surface area contributed by atoms with E-state index < -0.39 is 17.5 Å². The summed E-state index contributed by atoms with van der Waals surface area (Å²) in [6, 6.07) is 9.22. The zero-order valence-corrected chi connectivity index (χ0v) is 12.4. The van der Waals surface area contributed by atoms with Crippen LogP contribution in [0.5, 0.6) is 0 Å². The number of nitrogens with zero attached hydrogens (tertiary/aromatic N) is 1. The number of benzene rings is 1. The minimum absolute atomic E-state index is 0.377. The van der Waals surface area contributed by atoms with Crippen molar-refractivity contribution in [2.75, 3.05) is 33.4 Å². The van der Waals surface area contributed by atoms with Crippen molar-refractivity contribution in [1.82, 2.24) is 4.90 Å². The maximum atomic E-state index is 11.5. The lowest BCUT2D eigenvalue weighted by molar-refractivity contribution is -0.139. The minimum atomic E-state index is -0.841. The predicted octanol–water partition coefficient (Wildman–Crippen LogP) is 1.33. The Balaban J connectivity index is 1.98. The molecule has 1 fully saturated rings. The van der Waals surface area contributed by atoms with E-state index in [1.54, 1.807) is 0 Å². The molecule has 116 valence electrons. The number of aliphatic carboxylic acids is 1. The Hall–Kier alpha value is -1.43. The summed E-state index contributed by atoms with van der Waals surface area (Å²) < 4.78 is 5.26. The summed E-state index contributed by atoms with van der Waals surface area (Å²) >= 11 is 0. The van der Waals surface area contributed by atoms with Crippen LogP contribution < -0.4 is 0 Å². The van der Waals surface area contributed by atoms with Crippen LogP contribution in [0.15, 0.2) is 30.3 Å². The first-order valence-corrected chi connectivity index (χ1v) is 7.27. The van der Waals surface area contributed by atoms with Gasteiger partial charge in [-0.05, 0) is 12.6 Å². The van der Waals surface area contributed by atoms with E-state index >= 15 is 0 Å². The van der Waals surface area contributed by atoms with Crippen LogP contribution in [-0.4, -0.2) is 60.0 Å². The van der Waals surface area contributed by atoms with Crippen molar-refractivity contribution in [3.63, 3.8) is 0 Å². The highest BCUT2D eigenvalue weighted by Crippen LogP contribution is 2.23. The molecule has 0 amide bonds. The second-order valence-corrected chi connectivity index (χ2v) is 5.83. The first-order valence-electron chi connectivity index (χ1n) is 7.27.